The van der Waals surface area contributed by atoms with Gasteiger partial charge in [-0.3, -0.25) is 0 Å². The van der Waals surface area contributed by atoms with Crippen LogP contribution < -0.4 is 4.74 Å². The van der Waals surface area contributed by atoms with E-state index in [-0.39, 0.29) is 0 Å². The number of ether oxygens (including phenoxy) is 1. The number of rotatable bonds is 0. The van der Waals surface area contributed by atoms with E-state index in [1.165, 1.54) is 31.7 Å². The van der Waals surface area contributed by atoms with Gasteiger partial charge in [-0.15, -0.1) is 0 Å². The Hall–Kier alpha value is -2.49. The predicted molar refractivity (Wildman–Crippen MR) is 119 cm³/mol. The van der Waals surface area contributed by atoms with E-state index in [0.29, 0.717) is 0 Å². The molecule has 2 heterocycles. The molecule has 2 aliphatic heterocycles. The summed E-state index contributed by atoms with van der Waals surface area (Å²) in [4.78, 5) is 2.50. The Bertz CT molecular complexity index is 1250. The maximum atomic E-state index is 6.84. The molecule has 0 fully saturated rings. The summed E-state index contributed by atoms with van der Waals surface area (Å²) in [6.45, 7) is 0. The van der Waals surface area contributed by atoms with E-state index in [0.717, 1.165) is 15.8 Å². The normalized spacial score (nSPS) is 15.6. The van der Waals surface area contributed by atoms with Crippen LogP contribution in [-0.4, -0.2) is 0 Å². The van der Waals surface area contributed by atoms with E-state index in [2.05, 4.69) is 107 Å². The lowest BCUT2D eigenvalue weighted by atomic mass is 9.82. The number of hydrogen-bond donors (Lipinski definition) is 0. The first-order valence-corrected chi connectivity index (χ1v) is 10.8. The Labute approximate surface area is 176 Å². The molecule has 0 atom stereocenters. The van der Waals surface area contributed by atoms with Gasteiger partial charge < -0.3 is 4.74 Å². The quantitative estimate of drug-likeness (QED) is 0.280. The molecule has 0 amide bonds. The molecule has 3 heteroatoms. The van der Waals surface area contributed by atoms with Gasteiger partial charge in [-0.05, 0) is 53.3 Å². The largest absolute Gasteiger partial charge is 0.473 e. The van der Waals surface area contributed by atoms with Crippen molar-refractivity contribution in [3.05, 3.63) is 106 Å². The average molecular weight is 443 g/mol. The molecule has 134 valence electrons. The molecule has 6 rings (SSSR count). The van der Waals surface area contributed by atoms with Crippen molar-refractivity contribution in [2.24, 2.45) is 0 Å². The molecule has 0 radical (unpaired) electrons. The van der Waals surface area contributed by atoms with Crippen molar-refractivity contribution in [2.45, 2.75) is 15.4 Å². The van der Waals surface area contributed by atoms with Gasteiger partial charge in [0.25, 0.3) is 0 Å². The highest BCUT2D eigenvalue weighted by atomic mass is 79.9. The van der Waals surface area contributed by atoms with Gasteiger partial charge in [0.15, 0.2) is 5.60 Å². The highest BCUT2D eigenvalue weighted by Gasteiger charge is 2.43. The minimum Gasteiger partial charge on any atom is -0.473 e. The van der Waals surface area contributed by atoms with Crippen LogP contribution in [0, 0.1) is 0 Å². The first kappa shape index (κ1) is 16.5. The summed E-state index contributed by atoms with van der Waals surface area (Å²) in [6, 6.07) is 27.8. The summed E-state index contributed by atoms with van der Waals surface area (Å²) < 4.78 is 7.93. The van der Waals surface area contributed by atoms with Crippen LogP contribution in [0.3, 0.4) is 0 Å². The zero-order valence-corrected chi connectivity index (χ0v) is 17.3. The molecule has 1 nitrogen and oxygen atoms in total. The Morgan fingerprint density at radius 2 is 1.50 bits per heavy atom. The van der Waals surface area contributed by atoms with Crippen molar-refractivity contribution in [1.29, 1.82) is 0 Å². The Morgan fingerprint density at radius 1 is 0.786 bits per heavy atom. The molecule has 28 heavy (non-hydrogen) atoms. The van der Waals surface area contributed by atoms with E-state index < -0.39 is 5.60 Å². The lowest BCUT2D eigenvalue weighted by molar-refractivity contribution is 0.154. The maximum absolute atomic E-state index is 6.84. The average Bonchev–Trinajstić information content (AvgIpc) is 2.73. The van der Waals surface area contributed by atoms with Crippen LogP contribution >= 0.6 is 27.7 Å². The van der Waals surface area contributed by atoms with E-state index in [1.54, 1.807) is 0 Å². The highest BCUT2D eigenvalue weighted by molar-refractivity contribution is 9.10. The summed E-state index contributed by atoms with van der Waals surface area (Å²) in [6.07, 6.45) is 4.47. The maximum Gasteiger partial charge on any atom is 0.180 e. The molecule has 0 bridgehead atoms. The Morgan fingerprint density at radius 3 is 2.25 bits per heavy atom. The van der Waals surface area contributed by atoms with Crippen molar-refractivity contribution in [2.75, 3.05) is 0 Å². The number of hydrogen-bond acceptors (Lipinski definition) is 2. The van der Waals surface area contributed by atoms with E-state index in [1.807, 2.05) is 11.8 Å². The molecule has 0 N–H and O–H groups in total. The predicted octanol–water partition coefficient (Wildman–Crippen LogP) is 7.42. The molecule has 0 saturated carbocycles. The van der Waals surface area contributed by atoms with Crippen molar-refractivity contribution in [1.82, 2.24) is 0 Å². The van der Waals surface area contributed by atoms with Crippen LogP contribution in [0.1, 0.15) is 16.7 Å². The molecule has 2 aliphatic rings. The van der Waals surface area contributed by atoms with E-state index in [4.69, 9.17) is 4.74 Å². The molecule has 0 unspecified atom stereocenters. The van der Waals surface area contributed by atoms with Gasteiger partial charge in [0.1, 0.15) is 5.75 Å². The van der Waals surface area contributed by atoms with Crippen LogP contribution in [0.15, 0.2) is 99.2 Å². The topological polar surface area (TPSA) is 9.23 Å². The van der Waals surface area contributed by atoms with Crippen LogP contribution in [0.25, 0.3) is 16.8 Å². The number of halogens is 1. The van der Waals surface area contributed by atoms with E-state index in [9.17, 15) is 0 Å². The third kappa shape index (κ3) is 2.27. The van der Waals surface area contributed by atoms with Gasteiger partial charge in [-0.25, -0.2) is 0 Å². The van der Waals surface area contributed by atoms with Gasteiger partial charge in [-0.1, -0.05) is 76.2 Å². The fourth-order valence-electron chi connectivity index (χ4n) is 4.25. The zero-order valence-electron chi connectivity index (χ0n) is 14.9. The van der Waals surface area contributed by atoms with Crippen LogP contribution in [0.2, 0.25) is 0 Å². The summed E-state index contributed by atoms with van der Waals surface area (Å²) >= 11 is 5.39. The third-order valence-corrected chi connectivity index (χ3v) is 7.18. The van der Waals surface area contributed by atoms with Gasteiger partial charge in [0, 0.05) is 31.0 Å². The molecular weight excluding hydrogens is 428 g/mol. The smallest absolute Gasteiger partial charge is 0.180 e. The number of benzene rings is 4. The summed E-state index contributed by atoms with van der Waals surface area (Å²) in [5, 5.41) is 2.41. The second kappa shape index (κ2) is 6.00. The highest BCUT2D eigenvalue weighted by Crippen LogP contribution is 2.53. The van der Waals surface area contributed by atoms with Crippen LogP contribution in [0.5, 0.6) is 5.75 Å². The second-order valence-electron chi connectivity index (χ2n) is 7.11. The Kier molecular flexibility index (Phi) is 3.53. The monoisotopic (exact) mass is 442 g/mol. The van der Waals surface area contributed by atoms with Gasteiger partial charge >= 0.3 is 0 Å². The molecule has 4 aromatic carbocycles. The van der Waals surface area contributed by atoms with Crippen LogP contribution in [-0.2, 0) is 5.60 Å². The molecule has 1 spiro atoms. The van der Waals surface area contributed by atoms with Crippen molar-refractivity contribution < 1.29 is 4.74 Å². The van der Waals surface area contributed by atoms with Gasteiger partial charge in [-0.2, -0.15) is 0 Å². The van der Waals surface area contributed by atoms with Crippen molar-refractivity contribution >= 4 is 44.5 Å². The zero-order chi connectivity index (χ0) is 18.7. The van der Waals surface area contributed by atoms with Crippen molar-refractivity contribution in [3.63, 3.8) is 0 Å². The fraction of sp³-hybridized carbons (Fsp3) is 0.0400. The van der Waals surface area contributed by atoms with Crippen molar-refractivity contribution in [3.8, 4) is 5.75 Å². The molecule has 0 aliphatic carbocycles. The summed E-state index contributed by atoms with van der Waals surface area (Å²) in [7, 11) is 0. The summed E-state index contributed by atoms with van der Waals surface area (Å²) in [5.41, 5.74) is 2.96. The first-order valence-electron chi connectivity index (χ1n) is 9.22. The minimum atomic E-state index is -0.589. The standard InChI is InChI=1S/C25H15BrOS/c26-17-10-11-18-16(15-17)9-12-22-19(18)13-14-25(27-22)20-5-1-3-7-23(20)28-24-8-4-2-6-21(24)25/h1-15H. The van der Waals surface area contributed by atoms with E-state index >= 15 is 0 Å². The summed E-state index contributed by atoms with van der Waals surface area (Å²) in [5.74, 6) is 0.925. The molecular formula is C25H15BrOS. The SMILES string of the molecule is Brc1ccc2c3c(ccc2c1)OC1(C=C3)c2ccccc2Sc2ccccc21. The number of fused-ring (bicyclic) bond motifs is 7. The van der Waals surface area contributed by atoms with Gasteiger partial charge in [0.05, 0.1) is 0 Å². The molecule has 0 aromatic heterocycles. The first-order chi connectivity index (χ1) is 13.7. The lowest BCUT2D eigenvalue weighted by Gasteiger charge is -2.40. The lowest BCUT2D eigenvalue weighted by Crippen LogP contribution is -2.36. The molecule has 0 saturated heterocycles. The minimum absolute atomic E-state index is 0.589. The van der Waals surface area contributed by atoms with Crippen LogP contribution in [0.4, 0.5) is 0 Å². The third-order valence-electron chi connectivity index (χ3n) is 5.53. The molecule has 4 aromatic rings. The Balaban J connectivity index is 1.62. The fourth-order valence-corrected chi connectivity index (χ4v) is 5.82. The van der Waals surface area contributed by atoms with Gasteiger partial charge in [0.2, 0.25) is 0 Å². The second-order valence-corrected chi connectivity index (χ2v) is 9.11.